The van der Waals surface area contributed by atoms with Crippen LogP contribution in [0.3, 0.4) is 0 Å². The maximum atomic E-state index is 12.6. The molecule has 0 aromatic rings. The minimum Gasteiger partial charge on any atom is -0.462 e. The van der Waals surface area contributed by atoms with Crippen molar-refractivity contribution in [2.24, 2.45) is 0 Å². The second kappa shape index (κ2) is 37.7. The number of rotatable bonds is 36. The van der Waals surface area contributed by atoms with E-state index >= 15 is 0 Å². The monoisotopic (exact) mass is 677 g/mol. The van der Waals surface area contributed by atoms with Gasteiger partial charge in [0, 0.05) is 19.3 Å². The standard InChI is InChI=1S/C42H76O6/c1-4-7-10-13-16-19-21-22-24-26-29-32-35-41(44)47-38-39(37-46-40(43)34-31-28-25-18-15-12-9-6-3)48-42(45)36-33-30-27-23-20-17-14-11-8-5-2/h11,14,16,19,39H,4-10,12-13,15,17-18,20-38H2,1-3H3/b14-11-,19-16-. The van der Waals surface area contributed by atoms with Gasteiger partial charge in [-0.1, -0.05) is 148 Å². The second-order valence-electron chi connectivity index (χ2n) is 13.5. The Morgan fingerprint density at radius 2 is 0.729 bits per heavy atom. The van der Waals surface area contributed by atoms with Crippen molar-refractivity contribution < 1.29 is 28.6 Å². The van der Waals surface area contributed by atoms with Gasteiger partial charge in [-0.25, -0.2) is 0 Å². The summed E-state index contributed by atoms with van der Waals surface area (Å²) in [5, 5.41) is 0. The molecule has 280 valence electrons. The highest BCUT2D eigenvalue weighted by Crippen LogP contribution is 2.13. The molecule has 0 spiro atoms. The van der Waals surface area contributed by atoms with E-state index in [1.807, 2.05) is 0 Å². The first kappa shape index (κ1) is 45.9. The number of hydrogen-bond donors (Lipinski definition) is 0. The lowest BCUT2D eigenvalue weighted by Gasteiger charge is -2.18. The van der Waals surface area contributed by atoms with Crippen LogP contribution in [0.2, 0.25) is 0 Å². The number of carbonyl (C=O) groups excluding carboxylic acids is 3. The van der Waals surface area contributed by atoms with Crippen molar-refractivity contribution in [3.05, 3.63) is 24.3 Å². The van der Waals surface area contributed by atoms with Crippen molar-refractivity contribution in [1.29, 1.82) is 0 Å². The first-order valence-electron chi connectivity index (χ1n) is 20.3. The predicted octanol–water partition coefficient (Wildman–Crippen LogP) is 12.5. The number of ether oxygens (including phenoxy) is 3. The van der Waals surface area contributed by atoms with Gasteiger partial charge in [0.1, 0.15) is 13.2 Å². The van der Waals surface area contributed by atoms with Gasteiger partial charge in [0.25, 0.3) is 0 Å². The summed E-state index contributed by atoms with van der Waals surface area (Å²) >= 11 is 0. The van der Waals surface area contributed by atoms with E-state index in [0.717, 1.165) is 83.5 Å². The lowest BCUT2D eigenvalue weighted by atomic mass is 10.1. The topological polar surface area (TPSA) is 78.9 Å². The van der Waals surface area contributed by atoms with E-state index in [2.05, 4.69) is 45.1 Å². The van der Waals surface area contributed by atoms with Gasteiger partial charge in [-0.15, -0.1) is 0 Å². The molecule has 6 heteroatoms. The third-order valence-electron chi connectivity index (χ3n) is 8.66. The number of esters is 3. The molecule has 0 N–H and O–H groups in total. The summed E-state index contributed by atoms with van der Waals surface area (Å²) in [6, 6.07) is 0. The van der Waals surface area contributed by atoms with Crippen LogP contribution in [0.25, 0.3) is 0 Å². The number of carbonyl (C=O) groups is 3. The number of hydrogen-bond acceptors (Lipinski definition) is 6. The minimum absolute atomic E-state index is 0.0759. The Hall–Kier alpha value is -2.11. The van der Waals surface area contributed by atoms with Crippen LogP contribution in [0, 0.1) is 0 Å². The van der Waals surface area contributed by atoms with Crippen LogP contribution < -0.4 is 0 Å². The first-order chi connectivity index (χ1) is 23.5. The molecule has 0 aliphatic carbocycles. The number of allylic oxidation sites excluding steroid dienone is 4. The van der Waals surface area contributed by atoms with Gasteiger partial charge in [-0.3, -0.25) is 14.4 Å². The molecule has 0 radical (unpaired) electrons. The lowest BCUT2D eigenvalue weighted by Crippen LogP contribution is -2.30. The van der Waals surface area contributed by atoms with E-state index < -0.39 is 6.10 Å². The summed E-state index contributed by atoms with van der Waals surface area (Å²) in [6.07, 6.45) is 38.8. The molecule has 6 nitrogen and oxygen atoms in total. The summed E-state index contributed by atoms with van der Waals surface area (Å²) in [5.74, 6) is -0.904. The molecule has 0 bridgehead atoms. The van der Waals surface area contributed by atoms with Crippen LogP contribution in [0.15, 0.2) is 24.3 Å². The lowest BCUT2D eigenvalue weighted by molar-refractivity contribution is -0.167. The van der Waals surface area contributed by atoms with E-state index in [4.69, 9.17) is 14.2 Å². The van der Waals surface area contributed by atoms with Crippen LogP contribution in [0.5, 0.6) is 0 Å². The van der Waals surface area contributed by atoms with Crippen LogP contribution >= 0.6 is 0 Å². The van der Waals surface area contributed by atoms with Gasteiger partial charge < -0.3 is 14.2 Å². The van der Waals surface area contributed by atoms with Crippen molar-refractivity contribution in [3.8, 4) is 0 Å². The highest BCUT2D eigenvalue weighted by molar-refractivity contribution is 5.71. The van der Waals surface area contributed by atoms with Gasteiger partial charge in [0.2, 0.25) is 0 Å². The molecule has 0 aliphatic heterocycles. The molecule has 0 fully saturated rings. The van der Waals surface area contributed by atoms with Crippen LogP contribution in [0.1, 0.15) is 207 Å². The summed E-state index contributed by atoms with van der Waals surface area (Å²) in [4.78, 5) is 37.4. The van der Waals surface area contributed by atoms with E-state index in [1.54, 1.807) is 0 Å². The maximum absolute atomic E-state index is 12.6. The van der Waals surface area contributed by atoms with Crippen LogP contribution in [-0.4, -0.2) is 37.2 Å². The molecule has 0 aromatic heterocycles. The van der Waals surface area contributed by atoms with E-state index in [9.17, 15) is 14.4 Å². The Balaban J connectivity index is 4.37. The smallest absolute Gasteiger partial charge is 0.306 e. The number of unbranched alkanes of at least 4 members (excludes halogenated alkanes) is 21. The van der Waals surface area contributed by atoms with Crippen molar-refractivity contribution in [1.82, 2.24) is 0 Å². The third-order valence-corrected chi connectivity index (χ3v) is 8.66. The van der Waals surface area contributed by atoms with E-state index in [-0.39, 0.29) is 31.1 Å². The summed E-state index contributed by atoms with van der Waals surface area (Å²) < 4.78 is 16.6. The van der Waals surface area contributed by atoms with Gasteiger partial charge >= 0.3 is 17.9 Å². The fourth-order valence-corrected chi connectivity index (χ4v) is 5.55. The molecule has 0 aromatic carbocycles. The predicted molar refractivity (Wildman–Crippen MR) is 201 cm³/mol. The van der Waals surface area contributed by atoms with Crippen molar-refractivity contribution >= 4 is 17.9 Å². The van der Waals surface area contributed by atoms with Crippen molar-refractivity contribution in [2.45, 2.75) is 213 Å². The Morgan fingerprint density at radius 3 is 1.17 bits per heavy atom. The Morgan fingerprint density at radius 1 is 0.396 bits per heavy atom. The van der Waals surface area contributed by atoms with Crippen molar-refractivity contribution in [2.75, 3.05) is 13.2 Å². The molecule has 0 saturated carbocycles. The zero-order valence-electron chi connectivity index (χ0n) is 31.8. The quantitative estimate of drug-likeness (QED) is 0.0284. The molecule has 0 rings (SSSR count). The Bertz CT molecular complexity index is 789. The molecule has 0 heterocycles. The van der Waals surface area contributed by atoms with Crippen LogP contribution in [-0.2, 0) is 28.6 Å². The Labute approximate surface area is 296 Å². The SMILES string of the molecule is CCC/C=C\CCCCCCCC(=O)OC(COC(=O)CCCCCCC/C=C\CCCCC)COC(=O)CCCCCCCCCC. The highest BCUT2D eigenvalue weighted by Gasteiger charge is 2.19. The molecule has 0 aliphatic rings. The van der Waals surface area contributed by atoms with Crippen molar-refractivity contribution in [3.63, 3.8) is 0 Å². The highest BCUT2D eigenvalue weighted by atomic mass is 16.6. The van der Waals surface area contributed by atoms with Gasteiger partial charge in [-0.2, -0.15) is 0 Å². The van der Waals surface area contributed by atoms with Gasteiger partial charge in [0.15, 0.2) is 6.10 Å². The van der Waals surface area contributed by atoms with Gasteiger partial charge in [0.05, 0.1) is 0 Å². The van der Waals surface area contributed by atoms with E-state index in [0.29, 0.717) is 19.3 Å². The van der Waals surface area contributed by atoms with Gasteiger partial charge in [-0.05, 0) is 64.2 Å². The zero-order chi connectivity index (χ0) is 35.2. The summed E-state index contributed by atoms with van der Waals surface area (Å²) in [7, 11) is 0. The Kier molecular flexibility index (Phi) is 36.0. The minimum atomic E-state index is -0.770. The normalized spacial score (nSPS) is 12.1. The third kappa shape index (κ3) is 35.2. The average Bonchev–Trinajstić information content (AvgIpc) is 3.08. The largest absolute Gasteiger partial charge is 0.462 e. The summed E-state index contributed by atoms with van der Waals surface area (Å²) in [6.45, 7) is 6.49. The average molecular weight is 677 g/mol. The molecular weight excluding hydrogens is 600 g/mol. The second-order valence-corrected chi connectivity index (χ2v) is 13.5. The fraction of sp³-hybridized carbons (Fsp3) is 0.833. The molecule has 1 unspecified atom stereocenters. The van der Waals surface area contributed by atoms with Crippen LogP contribution in [0.4, 0.5) is 0 Å². The summed E-state index contributed by atoms with van der Waals surface area (Å²) in [5.41, 5.74) is 0. The molecule has 1 atom stereocenters. The zero-order valence-corrected chi connectivity index (χ0v) is 31.8. The first-order valence-corrected chi connectivity index (χ1v) is 20.3. The molecule has 0 amide bonds. The maximum Gasteiger partial charge on any atom is 0.306 e. The molecule has 48 heavy (non-hydrogen) atoms. The van der Waals surface area contributed by atoms with E-state index in [1.165, 1.54) is 83.5 Å². The molecular formula is C42H76O6. The fourth-order valence-electron chi connectivity index (χ4n) is 5.55. The molecule has 0 saturated heterocycles.